The average molecular weight is 441 g/mol. The van der Waals surface area contributed by atoms with Gasteiger partial charge in [0.2, 0.25) is 0 Å². The molecule has 8 nitrogen and oxygen atoms in total. The lowest BCUT2D eigenvalue weighted by Crippen LogP contribution is -2.41. The number of urea groups is 1. The first-order chi connectivity index (χ1) is 14.8. The number of carbonyl (C=O) groups excluding carboxylic acids is 3. The van der Waals surface area contributed by atoms with Gasteiger partial charge in [-0.05, 0) is 31.5 Å². The molecule has 1 heterocycles. The highest BCUT2D eigenvalue weighted by atomic mass is 35.5. The summed E-state index contributed by atoms with van der Waals surface area (Å²) in [5, 5.41) is 9.05. The van der Waals surface area contributed by atoms with Crippen LogP contribution in [0.3, 0.4) is 0 Å². The molecular formula is C22H21ClN4O4. The van der Waals surface area contributed by atoms with Crippen molar-refractivity contribution in [2.24, 2.45) is 0 Å². The fourth-order valence-corrected chi connectivity index (χ4v) is 3.13. The van der Waals surface area contributed by atoms with E-state index in [-0.39, 0.29) is 10.7 Å². The summed E-state index contributed by atoms with van der Waals surface area (Å²) in [5.74, 6) is -1.57. The van der Waals surface area contributed by atoms with Crippen LogP contribution in [-0.4, -0.2) is 33.8 Å². The Bertz CT molecular complexity index is 1080. The van der Waals surface area contributed by atoms with Crippen molar-refractivity contribution in [3.05, 3.63) is 82.6 Å². The van der Waals surface area contributed by atoms with Crippen LogP contribution in [0.4, 0.5) is 10.5 Å². The lowest BCUT2D eigenvalue weighted by atomic mass is 10.2. The Balaban J connectivity index is 1.61. The van der Waals surface area contributed by atoms with E-state index in [1.807, 2.05) is 30.3 Å². The number of benzene rings is 2. The van der Waals surface area contributed by atoms with Crippen LogP contribution in [0.5, 0.6) is 0 Å². The van der Waals surface area contributed by atoms with E-state index in [4.69, 9.17) is 16.3 Å². The van der Waals surface area contributed by atoms with E-state index < -0.39 is 24.0 Å². The number of nitrogens with zero attached hydrogens (tertiary/aromatic N) is 2. The van der Waals surface area contributed by atoms with E-state index in [9.17, 15) is 14.4 Å². The number of hydrogen-bond donors (Lipinski definition) is 2. The standard InChI is InChI=1S/C22H21ClN4O4/c1-14-18(19(23)27(26-14)13-16-9-5-3-6-10-16)21(29)31-15(2)20(28)25-22(30)24-17-11-7-4-8-12-17/h3-12,15H,13H2,1-2H3,(H2,24,25,28,30). The number of rotatable bonds is 6. The molecule has 2 N–H and O–H groups in total. The number of anilines is 1. The van der Waals surface area contributed by atoms with E-state index in [1.54, 1.807) is 37.3 Å². The number of para-hydroxylation sites is 1. The summed E-state index contributed by atoms with van der Waals surface area (Å²) in [6, 6.07) is 17.4. The monoisotopic (exact) mass is 440 g/mol. The molecule has 0 saturated carbocycles. The molecule has 1 unspecified atom stereocenters. The molecule has 0 fully saturated rings. The molecule has 3 rings (SSSR count). The molecule has 1 aromatic heterocycles. The number of ether oxygens (including phenoxy) is 1. The molecule has 0 aliphatic heterocycles. The van der Waals surface area contributed by atoms with E-state index in [1.165, 1.54) is 11.6 Å². The van der Waals surface area contributed by atoms with Crippen LogP contribution >= 0.6 is 11.6 Å². The average Bonchev–Trinajstić information content (AvgIpc) is 3.02. The van der Waals surface area contributed by atoms with Crippen LogP contribution in [0.25, 0.3) is 0 Å². The zero-order valence-electron chi connectivity index (χ0n) is 17.0. The number of esters is 1. The van der Waals surface area contributed by atoms with Gasteiger partial charge in [-0.3, -0.25) is 10.1 Å². The second-order valence-corrected chi connectivity index (χ2v) is 7.11. The van der Waals surface area contributed by atoms with Crippen LogP contribution in [0.2, 0.25) is 5.15 Å². The largest absolute Gasteiger partial charge is 0.449 e. The van der Waals surface area contributed by atoms with Gasteiger partial charge in [-0.25, -0.2) is 14.3 Å². The van der Waals surface area contributed by atoms with Crippen molar-refractivity contribution in [1.29, 1.82) is 0 Å². The topological polar surface area (TPSA) is 102 Å². The first-order valence-electron chi connectivity index (χ1n) is 9.50. The number of imide groups is 1. The number of hydrogen-bond acceptors (Lipinski definition) is 5. The maximum Gasteiger partial charge on any atom is 0.343 e. The second kappa shape index (κ2) is 9.90. The van der Waals surface area contributed by atoms with Gasteiger partial charge in [0.05, 0.1) is 12.2 Å². The van der Waals surface area contributed by atoms with Gasteiger partial charge in [0.1, 0.15) is 10.7 Å². The highest BCUT2D eigenvalue weighted by molar-refractivity contribution is 6.32. The van der Waals surface area contributed by atoms with Crippen LogP contribution in [-0.2, 0) is 16.1 Å². The molecule has 31 heavy (non-hydrogen) atoms. The normalized spacial score (nSPS) is 11.5. The van der Waals surface area contributed by atoms with Gasteiger partial charge in [0.15, 0.2) is 6.10 Å². The van der Waals surface area contributed by atoms with E-state index >= 15 is 0 Å². The molecule has 0 aliphatic carbocycles. The van der Waals surface area contributed by atoms with Gasteiger partial charge in [-0.1, -0.05) is 60.1 Å². The fraction of sp³-hybridized carbons (Fsp3) is 0.182. The molecular weight excluding hydrogens is 420 g/mol. The van der Waals surface area contributed by atoms with Crippen molar-refractivity contribution in [1.82, 2.24) is 15.1 Å². The van der Waals surface area contributed by atoms with Gasteiger partial charge < -0.3 is 10.1 Å². The molecule has 160 valence electrons. The zero-order chi connectivity index (χ0) is 22.4. The van der Waals surface area contributed by atoms with E-state index in [0.717, 1.165) is 5.56 Å². The molecule has 0 aliphatic rings. The maximum atomic E-state index is 12.6. The fourth-order valence-electron chi connectivity index (χ4n) is 2.82. The van der Waals surface area contributed by atoms with Crippen molar-refractivity contribution >= 4 is 35.2 Å². The first-order valence-corrected chi connectivity index (χ1v) is 9.87. The minimum atomic E-state index is -1.22. The Labute approximate surface area is 184 Å². The number of aromatic nitrogens is 2. The van der Waals surface area contributed by atoms with E-state index in [0.29, 0.717) is 17.9 Å². The highest BCUT2D eigenvalue weighted by Gasteiger charge is 2.26. The smallest absolute Gasteiger partial charge is 0.343 e. The number of amides is 3. The highest BCUT2D eigenvalue weighted by Crippen LogP contribution is 2.22. The third-order valence-corrected chi connectivity index (χ3v) is 4.75. The minimum absolute atomic E-state index is 0.0750. The molecule has 0 bridgehead atoms. The first kappa shape index (κ1) is 22.0. The Morgan fingerprint density at radius 1 is 1.06 bits per heavy atom. The molecule has 9 heteroatoms. The molecule has 3 amide bonds. The van der Waals surface area contributed by atoms with Crippen LogP contribution in [0.15, 0.2) is 60.7 Å². The molecule has 1 atom stereocenters. The number of halogens is 1. The minimum Gasteiger partial charge on any atom is -0.449 e. The number of carbonyl (C=O) groups is 3. The quantitative estimate of drug-likeness (QED) is 0.568. The molecule has 0 spiro atoms. The Morgan fingerprint density at radius 2 is 1.68 bits per heavy atom. The summed E-state index contributed by atoms with van der Waals surface area (Å²) < 4.78 is 6.69. The number of nitrogens with one attached hydrogen (secondary N) is 2. The summed E-state index contributed by atoms with van der Waals surface area (Å²) in [4.78, 5) is 36.8. The van der Waals surface area contributed by atoms with Gasteiger partial charge >= 0.3 is 12.0 Å². The molecule has 3 aromatic rings. The Kier molecular flexibility index (Phi) is 7.04. The van der Waals surface area contributed by atoms with Crippen LogP contribution in [0, 0.1) is 6.92 Å². The summed E-state index contributed by atoms with van der Waals surface area (Å²) in [7, 11) is 0. The third kappa shape index (κ3) is 5.70. The zero-order valence-corrected chi connectivity index (χ0v) is 17.7. The molecule has 0 radical (unpaired) electrons. The molecule has 2 aromatic carbocycles. The predicted octanol–water partition coefficient (Wildman–Crippen LogP) is 3.79. The SMILES string of the molecule is Cc1nn(Cc2ccccc2)c(Cl)c1C(=O)OC(C)C(=O)NC(=O)Nc1ccccc1. The van der Waals surface area contributed by atoms with Crippen molar-refractivity contribution in [2.75, 3.05) is 5.32 Å². The van der Waals surface area contributed by atoms with Crippen LogP contribution in [0.1, 0.15) is 28.5 Å². The summed E-state index contributed by atoms with van der Waals surface area (Å²) in [6.07, 6.45) is -1.22. The summed E-state index contributed by atoms with van der Waals surface area (Å²) >= 11 is 6.35. The second-order valence-electron chi connectivity index (χ2n) is 6.75. The Morgan fingerprint density at radius 3 is 2.32 bits per heavy atom. The van der Waals surface area contributed by atoms with Crippen LogP contribution < -0.4 is 10.6 Å². The van der Waals surface area contributed by atoms with Crippen molar-refractivity contribution in [3.63, 3.8) is 0 Å². The third-order valence-electron chi connectivity index (χ3n) is 4.37. The predicted molar refractivity (Wildman–Crippen MR) is 116 cm³/mol. The van der Waals surface area contributed by atoms with Crippen molar-refractivity contribution in [3.8, 4) is 0 Å². The maximum absolute atomic E-state index is 12.6. The Hall–Kier alpha value is -3.65. The molecule has 0 saturated heterocycles. The van der Waals surface area contributed by atoms with Gasteiger partial charge in [0, 0.05) is 5.69 Å². The van der Waals surface area contributed by atoms with Gasteiger partial charge in [0.25, 0.3) is 5.91 Å². The van der Waals surface area contributed by atoms with E-state index in [2.05, 4.69) is 15.7 Å². The van der Waals surface area contributed by atoms with Gasteiger partial charge in [-0.15, -0.1) is 0 Å². The lowest BCUT2D eigenvalue weighted by molar-refractivity contribution is -0.127. The summed E-state index contributed by atoms with van der Waals surface area (Å²) in [6.45, 7) is 3.37. The van der Waals surface area contributed by atoms with Crippen molar-refractivity contribution in [2.45, 2.75) is 26.5 Å². The lowest BCUT2D eigenvalue weighted by Gasteiger charge is -2.13. The van der Waals surface area contributed by atoms with Gasteiger partial charge in [-0.2, -0.15) is 5.10 Å². The van der Waals surface area contributed by atoms with Crippen molar-refractivity contribution < 1.29 is 19.1 Å². The number of aryl methyl sites for hydroxylation is 1. The summed E-state index contributed by atoms with van der Waals surface area (Å²) in [5.41, 5.74) is 1.93.